The molecule has 190 valence electrons. The topological polar surface area (TPSA) is 78.3 Å². The highest BCUT2D eigenvalue weighted by molar-refractivity contribution is 7.98. The van der Waals surface area contributed by atoms with Gasteiger partial charge in [0.05, 0.1) is 12.2 Å². The van der Waals surface area contributed by atoms with E-state index in [1.54, 1.807) is 18.1 Å². The van der Waals surface area contributed by atoms with E-state index in [4.69, 9.17) is 0 Å². The summed E-state index contributed by atoms with van der Waals surface area (Å²) in [5, 5.41) is 8.71. The Morgan fingerprint density at radius 3 is 2.81 bits per heavy atom. The summed E-state index contributed by atoms with van der Waals surface area (Å²) in [5.41, 5.74) is 8.24. The van der Waals surface area contributed by atoms with Gasteiger partial charge in [-0.05, 0) is 85.8 Å². The minimum atomic E-state index is 0.143. The van der Waals surface area contributed by atoms with E-state index in [2.05, 4.69) is 82.8 Å². The summed E-state index contributed by atoms with van der Waals surface area (Å²) in [7, 11) is 0. The third kappa shape index (κ3) is 5.02. The molecular weight excluding hydrogens is 468 g/mol. The van der Waals surface area contributed by atoms with Crippen LogP contribution in [0.2, 0.25) is 0 Å². The molecule has 3 aromatic heterocycles. The molecule has 1 aromatic carbocycles. The number of benzene rings is 1. The number of hydrogen-bond acceptors (Lipinski definition) is 5. The van der Waals surface area contributed by atoms with Crippen molar-refractivity contribution in [1.29, 1.82) is 0 Å². The van der Waals surface area contributed by atoms with Crippen molar-refractivity contribution in [2.24, 2.45) is 0 Å². The van der Waals surface area contributed by atoms with E-state index in [-0.39, 0.29) is 5.91 Å². The van der Waals surface area contributed by atoms with E-state index < -0.39 is 0 Å². The zero-order valence-electron chi connectivity index (χ0n) is 21.7. The Bertz CT molecular complexity index is 1370. The van der Waals surface area contributed by atoms with Crippen molar-refractivity contribution < 1.29 is 4.79 Å². The second-order valence-corrected chi connectivity index (χ2v) is 11.2. The molecule has 5 rings (SSSR count). The lowest BCUT2D eigenvalue weighted by atomic mass is 9.87. The zero-order valence-corrected chi connectivity index (χ0v) is 22.5. The first-order valence-corrected chi connectivity index (χ1v) is 14.3. The molecule has 0 saturated carbocycles. The summed E-state index contributed by atoms with van der Waals surface area (Å²) in [6.45, 7) is 9.80. The number of aromatic nitrogens is 4. The first-order chi connectivity index (χ1) is 17.4. The van der Waals surface area contributed by atoms with Gasteiger partial charge < -0.3 is 10.3 Å². The summed E-state index contributed by atoms with van der Waals surface area (Å²) in [5.74, 6) is 2.01. The number of rotatable bonds is 8. The van der Waals surface area contributed by atoms with Crippen molar-refractivity contribution >= 4 is 34.2 Å². The third-order valence-electron chi connectivity index (χ3n) is 7.34. The van der Waals surface area contributed by atoms with Gasteiger partial charge in [-0.1, -0.05) is 19.9 Å². The average Bonchev–Trinajstić information content (AvgIpc) is 3.49. The highest BCUT2D eigenvalue weighted by Gasteiger charge is 2.24. The van der Waals surface area contributed by atoms with Crippen LogP contribution in [-0.2, 0) is 4.79 Å². The molecule has 0 unspecified atom stereocenters. The number of fused-ring (bicyclic) bond motifs is 2. The van der Waals surface area contributed by atoms with Crippen molar-refractivity contribution in [2.45, 2.75) is 45.4 Å². The normalized spacial score (nSPS) is 15.4. The monoisotopic (exact) mass is 504 g/mol. The molecular formula is C28H36N6OS. The predicted octanol–water partition coefficient (Wildman–Crippen LogP) is 4.97. The van der Waals surface area contributed by atoms with Gasteiger partial charge in [-0.2, -0.15) is 16.9 Å². The number of H-pyrrole nitrogens is 1. The number of likely N-dealkylation sites (tertiary alicyclic amines) is 1. The van der Waals surface area contributed by atoms with Crippen molar-refractivity contribution in [3.05, 3.63) is 53.5 Å². The van der Waals surface area contributed by atoms with Gasteiger partial charge in [0.25, 0.3) is 0 Å². The van der Waals surface area contributed by atoms with Crippen LogP contribution in [-0.4, -0.2) is 68.6 Å². The quantitative estimate of drug-likeness (QED) is 0.331. The highest BCUT2D eigenvalue weighted by Crippen LogP contribution is 2.38. The Morgan fingerprint density at radius 1 is 1.25 bits per heavy atom. The molecule has 0 bridgehead atoms. The minimum Gasteiger partial charge on any atom is -0.354 e. The molecule has 1 aliphatic heterocycles. The first kappa shape index (κ1) is 24.8. The Hall–Kier alpha value is -2.84. The second kappa shape index (κ2) is 10.6. The van der Waals surface area contributed by atoms with Gasteiger partial charge in [0.1, 0.15) is 6.33 Å². The summed E-state index contributed by atoms with van der Waals surface area (Å²) in [6, 6.07) is 9.13. The van der Waals surface area contributed by atoms with Crippen LogP contribution in [0.5, 0.6) is 0 Å². The number of thioether (sulfide) groups is 1. The van der Waals surface area contributed by atoms with Gasteiger partial charge in [0.15, 0.2) is 5.65 Å². The fourth-order valence-corrected chi connectivity index (χ4v) is 5.82. The van der Waals surface area contributed by atoms with Gasteiger partial charge in [-0.15, -0.1) is 0 Å². The number of pyridine rings is 1. The number of nitrogens with one attached hydrogen (secondary N) is 2. The van der Waals surface area contributed by atoms with Crippen molar-refractivity contribution in [3.8, 4) is 11.3 Å². The molecule has 4 aromatic rings. The van der Waals surface area contributed by atoms with E-state index in [1.165, 1.54) is 27.7 Å². The smallest absolute Gasteiger partial charge is 0.234 e. The molecule has 1 amide bonds. The summed E-state index contributed by atoms with van der Waals surface area (Å²) in [6.07, 6.45) is 7.90. The molecule has 0 aliphatic carbocycles. The van der Waals surface area contributed by atoms with Gasteiger partial charge in [-0.25, -0.2) is 9.50 Å². The molecule has 1 fully saturated rings. The van der Waals surface area contributed by atoms with Crippen molar-refractivity contribution in [1.82, 2.24) is 29.8 Å². The van der Waals surface area contributed by atoms with Crippen LogP contribution in [0.25, 0.3) is 27.8 Å². The molecule has 0 spiro atoms. The third-order valence-corrected chi connectivity index (χ3v) is 7.95. The number of hydrogen-bond donors (Lipinski definition) is 2. The first-order valence-electron chi connectivity index (χ1n) is 12.9. The lowest BCUT2D eigenvalue weighted by Gasteiger charge is -2.31. The maximum atomic E-state index is 12.2. The SMILES string of the molecule is CSCCNC(=O)CN1CCC(c2ccc3[nH]c(-c4cc(C)c5ncnn5c4)c(C(C)C)c3c2)CC1. The summed E-state index contributed by atoms with van der Waals surface area (Å²) < 4.78 is 1.86. The molecule has 0 radical (unpaired) electrons. The maximum absolute atomic E-state index is 12.2. The van der Waals surface area contributed by atoms with Crippen LogP contribution < -0.4 is 5.32 Å². The molecule has 1 saturated heterocycles. The van der Waals surface area contributed by atoms with Crippen LogP contribution in [0.15, 0.2) is 36.8 Å². The average molecular weight is 505 g/mol. The Labute approximate surface area is 217 Å². The molecule has 2 N–H and O–H groups in total. The number of aromatic amines is 1. The van der Waals surface area contributed by atoms with Crippen LogP contribution >= 0.6 is 11.8 Å². The Balaban J connectivity index is 1.36. The van der Waals surface area contributed by atoms with Crippen LogP contribution in [0.3, 0.4) is 0 Å². The lowest BCUT2D eigenvalue weighted by Crippen LogP contribution is -2.41. The number of carbonyl (C=O) groups excluding carboxylic acids is 1. The number of piperidine rings is 1. The van der Waals surface area contributed by atoms with Crippen LogP contribution in [0.4, 0.5) is 0 Å². The maximum Gasteiger partial charge on any atom is 0.234 e. The standard InChI is InChI=1S/C28H36N6OS/c1-18(2)26-23-14-21(20-7-10-33(11-8-20)16-25(35)29-9-12-36-4)5-6-24(23)32-27(26)22-13-19(3)28-30-17-31-34(28)15-22/h5-6,13-15,17-18,20,32H,7-12,16H2,1-4H3,(H,29,35). The summed E-state index contributed by atoms with van der Waals surface area (Å²) in [4.78, 5) is 22.6. The zero-order chi connectivity index (χ0) is 25.2. The molecule has 0 atom stereocenters. The van der Waals surface area contributed by atoms with Crippen molar-refractivity contribution in [3.63, 3.8) is 0 Å². The minimum absolute atomic E-state index is 0.143. The van der Waals surface area contributed by atoms with E-state index in [9.17, 15) is 4.79 Å². The van der Waals surface area contributed by atoms with Crippen molar-refractivity contribution in [2.75, 3.05) is 38.2 Å². The van der Waals surface area contributed by atoms with Gasteiger partial charge in [0, 0.05) is 35.0 Å². The van der Waals surface area contributed by atoms with Gasteiger partial charge >= 0.3 is 0 Å². The Morgan fingerprint density at radius 2 is 2.06 bits per heavy atom. The van der Waals surface area contributed by atoms with E-state index in [0.29, 0.717) is 18.4 Å². The fourth-order valence-electron chi connectivity index (χ4n) is 5.52. The fraction of sp³-hybridized carbons (Fsp3) is 0.464. The van der Waals surface area contributed by atoms with E-state index >= 15 is 0 Å². The van der Waals surface area contributed by atoms with Gasteiger partial charge in [0.2, 0.25) is 5.91 Å². The second-order valence-electron chi connectivity index (χ2n) is 10.2. The largest absolute Gasteiger partial charge is 0.354 e. The lowest BCUT2D eigenvalue weighted by molar-refractivity contribution is -0.122. The molecule has 8 heteroatoms. The molecule has 36 heavy (non-hydrogen) atoms. The van der Waals surface area contributed by atoms with E-state index in [1.807, 2.05) is 4.52 Å². The highest BCUT2D eigenvalue weighted by atomic mass is 32.2. The van der Waals surface area contributed by atoms with Crippen LogP contribution in [0.1, 0.15) is 55.2 Å². The van der Waals surface area contributed by atoms with E-state index in [0.717, 1.165) is 55.0 Å². The number of carbonyl (C=O) groups is 1. The van der Waals surface area contributed by atoms with Gasteiger partial charge in [-0.3, -0.25) is 9.69 Å². The predicted molar refractivity (Wildman–Crippen MR) is 149 cm³/mol. The number of nitrogens with zero attached hydrogens (tertiary/aromatic N) is 4. The molecule has 4 heterocycles. The number of amides is 1. The summed E-state index contributed by atoms with van der Waals surface area (Å²) >= 11 is 1.76. The Kier molecular flexibility index (Phi) is 7.34. The molecule has 7 nitrogen and oxygen atoms in total. The number of aryl methyl sites for hydroxylation is 1. The van der Waals surface area contributed by atoms with Crippen LogP contribution in [0, 0.1) is 6.92 Å². The molecule has 1 aliphatic rings.